The third-order valence-corrected chi connectivity index (χ3v) is 4.95. The zero-order valence-corrected chi connectivity index (χ0v) is 16.9. The number of hydrogen-bond acceptors (Lipinski definition) is 5. The van der Waals surface area contributed by atoms with Crippen LogP contribution in [-0.2, 0) is 4.79 Å². The van der Waals surface area contributed by atoms with Crippen molar-refractivity contribution in [2.24, 2.45) is 0 Å². The molecule has 29 heavy (non-hydrogen) atoms. The number of fused-ring (bicyclic) bond motifs is 1. The number of amides is 1. The van der Waals surface area contributed by atoms with E-state index in [2.05, 4.69) is 20.7 Å². The summed E-state index contributed by atoms with van der Waals surface area (Å²) in [4.78, 5) is 17.8. The second-order valence-corrected chi connectivity index (χ2v) is 7.06. The van der Waals surface area contributed by atoms with Crippen LogP contribution < -0.4 is 15.4 Å². The van der Waals surface area contributed by atoms with E-state index in [0.717, 1.165) is 16.8 Å². The van der Waals surface area contributed by atoms with E-state index in [-0.39, 0.29) is 11.9 Å². The average Bonchev–Trinajstić information content (AvgIpc) is 3.07. The molecule has 0 aliphatic carbocycles. The van der Waals surface area contributed by atoms with Crippen molar-refractivity contribution in [3.05, 3.63) is 76.8 Å². The van der Waals surface area contributed by atoms with Gasteiger partial charge in [-0.3, -0.25) is 4.79 Å². The Morgan fingerprint density at radius 2 is 1.83 bits per heavy atom. The van der Waals surface area contributed by atoms with Gasteiger partial charge in [-0.1, -0.05) is 42.0 Å². The summed E-state index contributed by atoms with van der Waals surface area (Å²) in [5.74, 6) is 1.65. The van der Waals surface area contributed by atoms with Gasteiger partial charge in [-0.05, 0) is 38.5 Å². The minimum absolute atomic E-state index is 0.219. The van der Waals surface area contributed by atoms with Crippen LogP contribution in [0.15, 0.2) is 59.8 Å². The lowest BCUT2D eigenvalue weighted by atomic mass is 9.94. The van der Waals surface area contributed by atoms with E-state index in [4.69, 9.17) is 4.74 Å². The Labute approximate surface area is 169 Å². The number of carbonyl (C=O) groups is 1. The number of allylic oxidation sites excluding steroid dienone is 1. The van der Waals surface area contributed by atoms with Gasteiger partial charge in [-0.25, -0.2) is 4.68 Å². The maximum Gasteiger partial charge on any atom is 0.255 e. The number of anilines is 2. The third-order valence-electron chi connectivity index (χ3n) is 4.95. The van der Waals surface area contributed by atoms with Crippen LogP contribution in [0.4, 0.5) is 11.6 Å². The molecule has 1 aromatic heterocycles. The van der Waals surface area contributed by atoms with Gasteiger partial charge >= 0.3 is 0 Å². The number of hydrogen-bond donors (Lipinski definition) is 2. The number of nitrogens with one attached hydrogen (secondary N) is 2. The minimum Gasteiger partial charge on any atom is -0.495 e. The predicted molar refractivity (Wildman–Crippen MR) is 112 cm³/mol. The largest absolute Gasteiger partial charge is 0.495 e. The van der Waals surface area contributed by atoms with E-state index in [1.54, 1.807) is 11.8 Å². The summed E-state index contributed by atoms with van der Waals surface area (Å²) in [5, 5.41) is 10.7. The van der Waals surface area contributed by atoms with Gasteiger partial charge in [-0.2, -0.15) is 10.1 Å². The van der Waals surface area contributed by atoms with Gasteiger partial charge < -0.3 is 15.4 Å². The van der Waals surface area contributed by atoms with Crippen LogP contribution in [0.25, 0.3) is 0 Å². The highest BCUT2D eigenvalue weighted by molar-refractivity contribution is 6.06. The molecule has 1 aliphatic rings. The smallest absolute Gasteiger partial charge is 0.255 e. The number of ether oxygens (including phenoxy) is 1. The molecule has 1 amide bonds. The van der Waals surface area contributed by atoms with E-state index in [9.17, 15) is 4.79 Å². The number of rotatable bonds is 4. The average molecular weight is 389 g/mol. The second-order valence-electron chi connectivity index (χ2n) is 7.06. The van der Waals surface area contributed by atoms with Crippen LogP contribution >= 0.6 is 0 Å². The lowest BCUT2D eigenvalue weighted by Crippen LogP contribution is -2.31. The van der Waals surface area contributed by atoms with Crippen molar-refractivity contribution in [2.45, 2.75) is 26.8 Å². The van der Waals surface area contributed by atoms with E-state index in [0.29, 0.717) is 28.8 Å². The first kappa shape index (κ1) is 18.7. The number of nitrogens with zero attached hydrogens (tertiary/aromatic N) is 3. The second kappa shape index (κ2) is 7.43. The summed E-state index contributed by atoms with van der Waals surface area (Å²) in [6.45, 7) is 5.75. The van der Waals surface area contributed by atoms with Gasteiger partial charge in [0.05, 0.1) is 18.4 Å². The highest BCUT2D eigenvalue weighted by atomic mass is 16.5. The van der Waals surface area contributed by atoms with Crippen LogP contribution in [-0.4, -0.2) is 27.8 Å². The Hall–Kier alpha value is -3.61. The number of aromatic nitrogens is 3. The molecule has 7 heteroatoms. The van der Waals surface area contributed by atoms with Crippen LogP contribution in [0.2, 0.25) is 0 Å². The summed E-state index contributed by atoms with van der Waals surface area (Å²) in [6, 6.07) is 15.1. The molecular formula is C22H23N5O2. The van der Waals surface area contributed by atoms with Gasteiger partial charge in [0.15, 0.2) is 0 Å². The molecule has 4 rings (SSSR count). The number of para-hydroxylation sites is 2. The molecule has 7 nitrogen and oxygen atoms in total. The molecule has 2 N–H and O–H groups in total. The Balaban J connectivity index is 1.78. The Morgan fingerprint density at radius 1 is 1.10 bits per heavy atom. The van der Waals surface area contributed by atoms with Crippen LogP contribution in [0, 0.1) is 13.8 Å². The molecule has 148 valence electrons. The van der Waals surface area contributed by atoms with Crippen molar-refractivity contribution >= 4 is 17.5 Å². The lowest BCUT2D eigenvalue weighted by molar-refractivity contribution is -0.113. The molecule has 0 fully saturated rings. The fourth-order valence-corrected chi connectivity index (χ4v) is 3.55. The first-order chi connectivity index (χ1) is 14.0. The van der Waals surface area contributed by atoms with Crippen LogP contribution in [0.5, 0.6) is 5.75 Å². The van der Waals surface area contributed by atoms with E-state index in [1.807, 2.05) is 69.3 Å². The minimum atomic E-state index is -0.386. The van der Waals surface area contributed by atoms with Gasteiger partial charge in [0.1, 0.15) is 17.6 Å². The topological polar surface area (TPSA) is 81.1 Å². The Morgan fingerprint density at radius 3 is 2.55 bits per heavy atom. The number of aryl methyl sites for hydroxylation is 2. The van der Waals surface area contributed by atoms with E-state index >= 15 is 0 Å². The monoisotopic (exact) mass is 389 g/mol. The molecule has 0 saturated heterocycles. The Bertz CT molecular complexity index is 1100. The number of methoxy groups -OCH3 is 1. The maximum atomic E-state index is 13.4. The maximum absolute atomic E-state index is 13.4. The van der Waals surface area contributed by atoms with Gasteiger partial charge in [0.25, 0.3) is 5.91 Å². The van der Waals surface area contributed by atoms with Gasteiger partial charge in [0.2, 0.25) is 5.95 Å². The predicted octanol–water partition coefficient (Wildman–Crippen LogP) is 3.83. The van der Waals surface area contributed by atoms with Crippen molar-refractivity contribution in [3.63, 3.8) is 0 Å². The van der Waals surface area contributed by atoms with Crippen molar-refractivity contribution in [3.8, 4) is 5.75 Å². The third kappa shape index (κ3) is 3.47. The highest BCUT2D eigenvalue weighted by Crippen LogP contribution is 2.36. The van der Waals surface area contributed by atoms with Gasteiger partial charge in [0, 0.05) is 5.70 Å². The van der Waals surface area contributed by atoms with Crippen LogP contribution in [0.1, 0.15) is 29.9 Å². The number of benzene rings is 2. The first-order valence-electron chi connectivity index (χ1n) is 9.40. The van der Waals surface area contributed by atoms with Crippen LogP contribution in [0.3, 0.4) is 0 Å². The lowest BCUT2D eigenvalue weighted by Gasteiger charge is -2.29. The normalized spacial score (nSPS) is 15.5. The molecule has 2 aromatic carbocycles. The summed E-state index contributed by atoms with van der Waals surface area (Å²) in [7, 11) is 1.58. The summed E-state index contributed by atoms with van der Waals surface area (Å²) >= 11 is 0. The molecule has 3 aromatic rings. The molecule has 0 bridgehead atoms. The van der Waals surface area contributed by atoms with E-state index in [1.165, 1.54) is 0 Å². The highest BCUT2D eigenvalue weighted by Gasteiger charge is 2.34. The SMILES string of the molecule is COc1ccccc1NC(=O)C1=C(C)Nc2nc(C)nn2C1c1ccc(C)cc1. The summed E-state index contributed by atoms with van der Waals surface area (Å²) in [5.41, 5.74) is 4.05. The van der Waals surface area contributed by atoms with Gasteiger partial charge in [-0.15, -0.1) is 0 Å². The zero-order chi connectivity index (χ0) is 20.5. The molecular weight excluding hydrogens is 366 g/mol. The molecule has 0 spiro atoms. The zero-order valence-electron chi connectivity index (χ0n) is 16.9. The molecule has 0 radical (unpaired) electrons. The summed E-state index contributed by atoms with van der Waals surface area (Å²) < 4.78 is 7.14. The van der Waals surface area contributed by atoms with E-state index < -0.39 is 0 Å². The molecule has 1 unspecified atom stereocenters. The first-order valence-corrected chi connectivity index (χ1v) is 9.40. The number of carbonyl (C=O) groups excluding carboxylic acids is 1. The fraction of sp³-hybridized carbons (Fsp3) is 0.227. The molecule has 0 saturated carbocycles. The van der Waals surface area contributed by atoms with Crippen molar-refractivity contribution < 1.29 is 9.53 Å². The molecule has 2 heterocycles. The molecule has 1 atom stereocenters. The molecule has 1 aliphatic heterocycles. The van der Waals surface area contributed by atoms with Crippen molar-refractivity contribution in [1.82, 2.24) is 14.8 Å². The Kier molecular flexibility index (Phi) is 4.80. The standard InChI is InChI=1S/C22H23N5O2/c1-13-9-11-16(12-10-13)20-19(14(2)23-22-24-15(3)26-27(20)22)21(28)25-17-7-5-6-8-18(17)29-4/h5-12,20H,1-4H3,(H,25,28)(H,23,24,26). The summed E-state index contributed by atoms with van der Waals surface area (Å²) in [6.07, 6.45) is 0. The van der Waals surface area contributed by atoms with Crippen molar-refractivity contribution in [2.75, 3.05) is 17.7 Å². The van der Waals surface area contributed by atoms with Crippen molar-refractivity contribution in [1.29, 1.82) is 0 Å². The fourth-order valence-electron chi connectivity index (χ4n) is 3.55. The quantitative estimate of drug-likeness (QED) is 0.709.